The smallest absolute Gasteiger partial charge is 0.328 e. The fourth-order valence-corrected chi connectivity index (χ4v) is 4.06. The lowest BCUT2D eigenvalue weighted by Gasteiger charge is -2.12. The van der Waals surface area contributed by atoms with E-state index in [9.17, 15) is 4.79 Å². The number of aliphatic carboxylic acids is 1. The molecule has 0 spiro atoms. The molecule has 0 heterocycles. The van der Waals surface area contributed by atoms with Gasteiger partial charge in [-0.2, -0.15) is 0 Å². The van der Waals surface area contributed by atoms with E-state index in [1.165, 1.54) is 0 Å². The average Bonchev–Trinajstić information content (AvgIpc) is 2.46. The van der Waals surface area contributed by atoms with Crippen LogP contribution in [0.15, 0.2) is 42.5 Å². The van der Waals surface area contributed by atoms with Crippen molar-refractivity contribution in [1.82, 2.24) is 0 Å². The van der Waals surface area contributed by atoms with E-state index < -0.39 is 5.97 Å². The lowest BCUT2D eigenvalue weighted by atomic mass is 10.2. The number of rotatable bonds is 5. The third-order valence-corrected chi connectivity index (χ3v) is 4.74. The van der Waals surface area contributed by atoms with Gasteiger partial charge in [-0.15, -0.1) is 0 Å². The molecular formula is C16H11ClI2O3. The molecule has 2 rings (SSSR count). The van der Waals surface area contributed by atoms with E-state index in [1.54, 1.807) is 6.08 Å². The molecule has 0 fully saturated rings. The molecule has 0 aromatic heterocycles. The zero-order valence-electron chi connectivity index (χ0n) is 11.2. The van der Waals surface area contributed by atoms with Crippen molar-refractivity contribution in [3.8, 4) is 5.75 Å². The van der Waals surface area contributed by atoms with Crippen LogP contribution in [0.3, 0.4) is 0 Å². The van der Waals surface area contributed by atoms with Crippen molar-refractivity contribution < 1.29 is 14.6 Å². The molecule has 0 amide bonds. The second-order valence-electron chi connectivity index (χ2n) is 4.37. The Kier molecular flexibility index (Phi) is 6.51. The fourth-order valence-electron chi connectivity index (χ4n) is 1.75. The zero-order valence-corrected chi connectivity index (χ0v) is 16.3. The Balaban J connectivity index is 2.18. The van der Waals surface area contributed by atoms with Crippen LogP contribution in [0.4, 0.5) is 0 Å². The average molecular weight is 541 g/mol. The highest BCUT2D eigenvalue weighted by Crippen LogP contribution is 2.30. The largest absolute Gasteiger partial charge is 0.487 e. The van der Waals surface area contributed by atoms with Crippen LogP contribution < -0.4 is 4.74 Å². The van der Waals surface area contributed by atoms with E-state index in [0.29, 0.717) is 11.6 Å². The maximum Gasteiger partial charge on any atom is 0.328 e. The molecule has 0 unspecified atom stereocenters. The van der Waals surface area contributed by atoms with Crippen LogP contribution in [-0.4, -0.2) is 11.1 Å². The van der Waals surface area contributed by atoms with Crippen LogP contribution >= 0.6 is 56.8 Å². The van der Waals surface area contributed by atoms with Gasteiger partial charge in [-0.05, 0) is 75.0 Å². The van der Waals surface area contributed by atoms with Gasteiger partial charge in [0.25, 0.3) is 0 Å². The maximum absolute atomic E-state index is 10.6. The number of halogens is 3. The summed E-state index contributed by atoms with van der Waals surface area (Å²) < 4.78 is 7.71. The molecule has 0 aliphatic carbocycles. The lowest BCUT2D eigenvalue weighted by molar-refractivity contribution is -0.131. The van der Waals surface area contributed by atoms with E-state index in [0.717, 1.165) is 30.1 Å². The Hall–Kier alpha value is -0.800. The number of benzene rings is 2. The Morgan fingerprint density at radius 2 is 1.86 bits per heavy atom. The van der Waals surface area contributed by atoms with Crippen LogP contribution in [0, 0.1) is 7.14 Å². The Morgan fingerprint density at radius 3 is 2.45 bits per heavy atom. The first-order chi connectivity index (χ1) is 10.5. The standard InChI is InChI=1S/C16H11ClI2O3/c17-12-4-2-1-3-11(12)9-22-16-13(18)7-10(8-14(16)19)5-6-15(20)21/h1-8H,9H2,(H,20,21)/b6-5+. The van der Waals surface area contributed by atoms with Gasteiger partial charge in [0, 0.05) is 16.7 Å². The minimum atomic E-state index is -0.968. The summed E-state index contributed by atoms with van der Waals surface area (Å²) in [7, 11) is 0. The minimum absolute atomic E-state index is 0.385. The molecule has 1 N–H and O–H groups in total. The summed E-state index contributed by atoms with van der Waals surface area (Å²) >= 11 is 10.5. The van der Waals surface area contributed by atoms with E-state index in [1.807, 2.05) is 36.4 Å². The van der Waals surface area contributed by atoms with Crippen molar-refractivity contribution in [1.29, 1.82) is 0 Å². The van der Waals surface area contributed by atoms with Gasteiger partial charge < -0.3 is 9.84 Å². The Bertz CT molecular complexity index is 706. The van der Waals surface area contributed by atoms with Gasteiger partial charge in [-0.25, -0.2) is 4.79 Å². The van der Waals surface area contributed by atoms with E-state index in [2.05, 4.69) is 45.2 Å². The van der Waals surface area contributed by atoms with Gasteiger partial charge in [-0.3, -0.25) is 0 Å². The summed E-state index contributed by atoms with van der Waals surface area (Å²) in [6.07, 6.45) is 2.68. The van der Waals surface area contributed by atoms with E-state index >= 15 is 0 Å². The van der Waals surface area contributed by atoms with Crippen LogP contribution in [0.25, 0.3) is 6.08 Å². The minimum Gasteiger partial charge on any atom is -0.487 e. The summed E-state index contributed by atoms with van der Waals surface area (Å²) in [6.45, 7) is 0.385. The first-order valence-corrected chi connectivity index (χ1v) is 8.77. The molecule has 0 atom stereocenters. The number of hydrogen-bond donors (Lipinski definition) is 1. The van der Waals surface area contributed by atoms with Crippen molar-refractivity contribution in [2.24, 2.45) is 0 Å². The molecule has 0 radical (unpaired) electrons. The molecule has 2 aromatic carbocycles. The Morgan fingerprint density at radius 1 is 1.23 bits per heavy atom. The van der Waals surface area contributed by atoms with Crippen molar-refractivity contribution in [2.45, 2.75) is 6.61 Å². The maximum atomic E-state index is 10.6. The van der Waals surface area contributed by atoms with Crippen LogP contribution in [-0.2, 0) is 11.4 Å². The van der Waals surface area contributed by atoms with E-state index in [4.69, 9.17) is 21.4 Å². The molecule has 0 bridgehead atoms. The topological polar surface area (TPSA) is 46.5 Å². The molecule has 2 aromatic rings. The first kappa shape index (κ1) is 17.6. The molecule has 0 aliphatic heterocycles. The predicted octanol–water partition coefficient (Wildman–Crippen LogP) is 5.23. The van der Waals surface area contributed by atoms with Gasteiger partial charge in [0.1, 0.15) is 12.4 Å². The molecule has 0 aliphatic rings. The molecule has 114 valence electrons. The number of carboxylic acid groups (broad SMARTS) is 1. The van der Waals surface area contributed by atoms with E-state index in [-0.39, 0.29) is 0 Å². The quantitative estimate of drug-likeness (QED) is 0.418. The molecular weight excluding hydrogens is 529 g/mol. The molecule has 22 heavy (non-hydrogen) atoms. The number of hydrogen-bond acceptors (Lipinski definition) is 2. The van der Waals surface area contributed by atoms with Gasteiger partial charge in [0.2, 0.25) is 0 Å². The summed E-state index contributed by atoms with van der Waals surface area (Å²) in [6, 6.07) is 11.3. The highest BCUT2D eigenvalue weighted by atomic mass is 127. The first-order valence-electron chi connectivity index (χ1n) is 6.23. The van der Waals surface area contributed by atoms with Crippen LogP contribution in [0.1, 0.15) is 11.1 Å². The zero-order chi connectivity index (χ0) is 16.1. The van der Waals surface area contributed by atoms with Crippen molar-refractivity contribution >= 4 is 68.8 Å². The highest BCUT2D eigenvalue weighted by molar-refractivity contribution is 14.1. The number of carboxylic acids is 1. The molecule has 6 heteroatoms. The SMILES string of the molecule is O=C(O)/C=C/c1cc(I)c(OCc2ccccc2Cl)c(I)c1. The third kappa shape index (κ3) is 4.85. The second kappa shape index (κ2) is 8.16. The van der Waals surface area contributed by atoms with Crippen molar-refractivity contribution in [3.63, 3.8) is 0 Å². The van der Waals surface area contributed by atoms with Crippen molar-refractivity contribution in [2.75, 3.05) is 0 Å². The summed E-state index contributed by atoms with van der Waals surface area (Å²) in [5, 5.41) is 9.35. The third-order valence-electron chi connectivity index (χ3n) is 2.77. The van der Waals surface area contributed by atoms with Gasteiger partial charge in [0.05, 0.1) is 7.14 Å². The van der Waals surface area contributed by atoms with Gasteiger partial charge in [0.15, 0.2) is 0 Å². The summed E-state index contributed by atoms with van der Waals surface area (Å²) in [4.78, 5) is 10.6. The highest BCUT2D eigenvalue weighted by Gasteiger charge is 2.09. The molecule has 0 saturated heterocycles. The molecule has 3 nitrogen and oxygen atoms in total. The molecule has 0 saturated carbocycles. The monoisotopic (exact) mass is 540 g/mol. The fraction of sp³-hybridized carbons (Fsp3) is 0.0625. The van der Waals surface area contributed by atoms with Crippen LogP contribution in [0.5, 0.6) is 5.75 Å². The second-order valence-corrected chi connectivity index (χ2v) is 7.10. The lowest BCUT2D eigenvalue weighted by Crippen LogP contribution is -2.00. The van der Waals surface area contributed by atoms with Gasteiger partial charge in [-0.1, -0.05) is 29.8 Å². The normalized spacial score (nSPS) is 10.9. The predicted molar refractivity (Wildman–Crippen MR) is 104 cm³/mol. The van der Waals surface area contributed by atoms with Crippen LogP contribution in [0.2, 0.25) is 5.02 Å². The summed E-state index contributed by atoms with van der Waals surface area (Å²) in [5.74, 6) is -0.197. The van der Waals surface area contributed by atoms with Gasteiger partial charge >= 0.3 is 5.97 Å². The number of carbonyl (C=O) groups is 1. The summed E-state index contributed by atoms with van der Waals surface area (Å²) in [5.41, 5.74) is 1.74. The number of ether oxygens (including phenoxy) is 1. The van der Waals surface area contributed by atoms with Crippen molar-refractivity contribution in [3.05, 3.63) is 65.8 Å². The Labute approximate surface area is 160 Å².